The molecule has 0 heterocycles. The lowest BCUT2D eigenvalue weighted by atomic mass is 10.1. The van der Waals surface area contributed by atoms with Crippen molar-refractivity contribution in [3.63, 3.8) is 0 Å². The van der Waals surface area contributed by atoms with E-state index in [9.17, 15) is 0 Å². The Morgan fingerprint density at radius 2 is 2.11 bits per heavy atom. The molecule has 1 unspecified atom stereocenters. The van der Waals surface area contributed by atoms with Crippen molar-refractivity contribution in [3.8, 4) is 5.75 Å². The number of methoxy groups -OCH3 is 1. The van der Waals surface area contributed by atoms with Crippen LogP contribution in [-0.2, 0) is 6.54 Å². The first-order valence-electron chi connectivity index (χ1n) is 7.14. The maximum Gasteiger partial charge on any atom is 0.119 e. The number of ether oxygens (including phenoxy) is 1. The average molecular weight is 264 g/mol. The Bertz CT molecular complexity index is 354. The molecule has 1 aromatic rings. The van der Waals surface area contributed by atoms with Crippen molar-refractivity contribution in [2.45, 2.75) is 38.8 Å². The lowest BCUT2D eigenvalue weighted by Crippen LogP contribution is -2.22. The molecule has 1 atom stereocenters. The highest BCUT2D eigenvalue weighted by atomic mass is 16.5. The fourth-order valence-electron chi connectivity index (χ4n) is 2.14. The maximum absolute atomic E-state index is 5.25. The summed E-state index contributed by atoms with van der Waals surface area (Å²) in [6, 6.07) is 8.93. The summed E-state index contributed by atoms with van der Waals surface area (Å²) in [5, 5.41) is 3.28. The summed E-state index contributed by atoms with van der Waals surface area (Å²) in [6.07, 6.45) is 3.79. The highest BCUT2D eigenvalue weighted by molar-refractivity contribution is 5.28. The number of rotatable bonds is 9. The first-order valence-corrected chi connectivity index (χ1v) is 7.14. The van der Waals surface area contributed by atoms with Crippen molar-refractivity contribution >= 4 is 0 Å². The summed E-state index contributed by atoms with van der Waals surface area (Å²) >= 11 is 0. The highest BCUT2D eigenvalue weighted by Crippen LogP contribution is 2.14. The number of hydrogen-bond donors (Lipinski definition) is 1. The van der Waals surface area contributed by atoms with Crippen molar-refractivity contribution in [1.82, 2.24) is 10.2 Å². The van der Waals surface area contributed by atoms with Gasteiger partial charge in [-0.05, 0) is 58.1 Å². The molecule has 0 fully saturated rings. The third-order valence-corrected chi connectivity index (χ3v) is 3.51. The van der Waals surface area contributed by atoms with Gasteiger partial charge >= 0.3 is 0 Å². The predicted molar refractivity (Wildman–Crippen MR) is 81.7 cm³/mol. The Hall–Kier alpha value is -1.06. The molecular weight excluding hydrogens is 236 g/mol. The van der Waals surface area contributed by atoms with Crippen LogP contribution in [0.25, 0.3) is 0 Å². The van der Waals surface area contributed by atoms with Gasteiger partial charge in [-0.25, -0.2) is 0 Å². The predicted octanol–water partition coefficient (Wildman–Crippen LogP) is 2.91. The number of benzene rings is 1. The van der Waals surface area contributed by atoms with Crippen molar-refractivity contribution in [2.75, 3.05) is 27.7 Å². The first kappa shape index (κ1) is 16.0. The van der Waals surface area contributed by atoms with Gasteiger partial charge in [0.15, 0.2) is 0 Å². The maximum atomic E-state index is 5.25. The molecule has 0 radical (unpaired) electrons. The Morgan fingerprint density at radius 3 is 2.79 bits per heavy atom. The van der Waals surface area contributed by atoms with E-state index < -0.39 is 0 Å². The van der Waals surface area contributed by atoms with Gasteiger partial charge in [-0.1, -0.05) is 18.6 Å². The molecule has 3 nitrogen and oxygen atoms in total. The highest BCUT2D eigenvalue weighted by Gasteiger charge is 2.03. The van der Waals surface area contributed by atoms with Crippen molar-refractivity contribution in [3.05, 3.63) is 29.8 Å². The van der Waals surface area contributed by atoms with Gasteiger partial charge in [-0.15, -0.1) is 0 Å². The van der Waals surface area contributed by atoms with Crippen LogP contribution >= 0.6 is 0 Å². The van der Waals surface area contributed by atoms with Crippen LogP contribution in [0.15, 0.2) is 24.3 Å². The second-order valence-electron chi connectivity index (χ2n) is 5.27. The average Bonchev–Trinajstić information content (AvgIpc) is 2.43. The summed E-state index contributed by atoms with van der Waals surface area (Å²) in [4.78, 5) is 2.37. The molecule has 0 aromatic heterocycles. The van der Waals surface area contributed by atoms with Gasteiger partial charge in [0, 0.05) is 12.6 Å². The minimum absolute atomic E-state index is 0.628. The van der Waals surface area contributed by atoms with E-state index in [4.69, 9.17) is 4.74 Å². The summed E-state index contributed by atoms with van der Waals surface area (Å²) in [5.74, 6) is 0.939. The molecule has 0 saturated heterocycles. The van der Waals surface area contributed by atoms with Crippen LogP contribution in [0.3, 0.4) is 0 Å². The van der Waals surface area contributed by atoms with Crippen molar-refractivity contribution in [2.24, 2.45) is 0 Å². The number of hydrogen-bond acceptors (Lipinski definition) is 3. The second kappa shape index (κ2) is 8.94. The quantitative estimate of drug-likeness (QED) is 0.694. The largest absolute Gasteiger partial charge is 0.497 e. The van der Waals surface area contributed by atoms with E-state index in [1.165, 1.54) is 24.8 Å². The van der Waals surface area contributed by atoms with E-state index >= 15 is 0 Å². The van der Waals surface area contributed by atoms with Crippen LogP contribution in [0, 0.1) is 0 Å². The Balaban J connectivity index is 2.24. The van der Waals surface area contributed by atoms with Crippen molar-refractivity contribution in [1.29, 1.82) is 0 Å². The molecular formula is C16H28N2O. The van der Waals surface area contributed by atoms with Crippen LogP contribution < -0.4 is 10.1 Å². The first-order chi connectivity index (χ1) is 9.15. The minimum atomic E-state index is 0.628. The van der Waals surface area contributed by atoms with Gasteiger partial charge in [-0.3, -0.25) is 0 Å². The summed E-state index contributed by atoms with van der Waals surface area (Å²) in [7, 11) is 5.92. The molecule has 1 aromatic carbocycles. The van der Waals surface area contributed by atoms with Gasteiger partial charge in [-0.2, -0.15) is 0 Å². The standard InChI is InChI=1S/C16H28N2O/c1-14(17-2)8-5-6-11-18(3)13-15-9-7-10-16(12-15)19-4/h7,9-10,12,14,17H,5-6,8,11,13H2,1-4H3. The van der Waals surface area contributed by atoms with E-state index in [2.05, 4.69) is 42.4 Å². The van der Waals surface area contributed by atoms with Gasteiger partial charge in [0.25, 0.3) is 0 Å². The molecule has 19 heavy (non-hydrogen) atoms. The van der Waals surface area contributed by atoms with Crippen LogP contribution in [-0.4, -0.2) is 38.7 Å². The summed E-state index contributed by atoms with van der Waals surface area (Å²) < 4.78 is 5.25. The molecule has 3 heteroatoms. The number of nitrogens with one attached hydrogen (secondary N) is 1. The second-order valence-corrected chi connectivity index (χ2v) is 5.27. The van der Waals surface area contributed by atoms with E-state index in [0.29, 0.717) is 6.04 Å². The molecule has 0 amide bonds. The van der Waals surface area contributed by atoms with Crippen LogP contribution in [0.5, 0.6) is 5.75 Å². The molecule has 1 N–H and O–H groups in total. The molecule has 108 valence electrons. The van der Waals surface area contributed by atoms with Gasteiger partial charge in [0.1, 0.15) is 5.75 Å². The fraction of sp³-hybridized carbons (Fsp3) is 0.625. The minimum Gasteiger partial charge on any atom is -0.497 e. The van der Waals surface area contributed by atoms with E-state index in [0.717, 1.165) is 18.8 Å². The zero-order valence-electron chi connectivity index (χ0n) is 12.8. The molecule has 0 aliphatic heterocycles. The zero-order valence-corrected chi connectivity index (χ0v) is 12.8. The van der Waals surface area contributed by atoms with E-state index in [1.54, 1.807) is 7.11 Å². The van der Waals surface area contributed by atoms with Crippen LogP contribution in [0.4, 0.5) is 0 Å². The van der Waals surface area contributed by atoms with Crippen LogP contribution in [0.2, 0.25) is 0 Å². The molecule has 0 saturated carbocycles. The van der Waals surface area contributed by atoms with E-state index in [1.807, 2.05) is 13.1 Å². The zero-order chi connectivity index (χ0) is 14.1. The lowest BCUT2D eigenvalue weighted by Gasteiger charge is -2.17. The Kier molecular flexibility index (Phi) is 7.53. The monoisotopic (exact) mass is 264 g/mol. The topological polar surface area (TPSA) is 24.5 Å². The van der Waals surface area contributed by atoms with Gasteiger partial charge in [0.2, 0.25) is 0 Å². The van der Waals surface area contributed by atoms with Crippen molar-refractivity contribution < 1.29 is 4.74 Å². The summed E-state index contributed by atoms with van der Waals surface area (Å²) in [5.41, 5.74) is 1.31. The number of unbranched alkanes of at least 4 members (excludes halogenated alkanes) is 1. The SMILES string of the molecule is CNC(C)CCCCN(C)Cc1cccc(OC)c1. The lowest BCUT2D eigenvalue weighted by molar-refractivity contribution is 0.313. The number of nitrogens with zero attached hydrogens (tertiary/aromatic N) is 1. The fourth-order valence-corrected chi connectivity index (χ4v) is 2.14. The third-order valence-electron chi connectivity index (χ3n) is 3.51. The molecule has 0 spiro atoms. The smallest absolute Gasteiger partial charge is 0.119 e. The molecule has 0 aliphatic carbocycles. The Labute approximate surface area is 118 Å². The molecule has 0 bridgehead atoms. The Morgan fingerprint density at radius 1 is 1.32 bits per heavy atom. The molecule has 1 rings (SSSR count). The van der Waals surface area contributed by atoms with Gasteiger partial charge in [0.05, 0.1) is 7.11 Å². The third kappa shape index (κ3) is 6.60. The normalized spacial score (nSPS) is 12.7. The summed E-state index contributed by atoms with van der Waals surface area (Å²) in [6.45, 7) is 4.37. The van der Waals surface area contributed by atoms with E-state index in [-0.39, 0.29) is 0 Å². The van der Waals surface area contributed by atoms with Crippen LogP contribution in [0.1, 0.15) is 31.7 Å². The molecule has 0 aliphatic rings. The van der Waals surface area contributed by atoms with Gasteiger partial charge < -0.3 is 15.0 Å².